The van der Waals surface area contributed by atoms with Crippen LogP contribution in [-0.2, 0) is 14.3 Å². The van der Waals surface area contributed by atoms with E-state index in [1.54, 1.807) is 24.3 Å². The van der Waals surface area contributed by atoms with Gasteiger partial charge in [0.1, 0.15) is 18.1 Å². The van der Waals surface area contributed by atoms with Crippen LogP contribution in [0, 0.1) is 6.92 Å². The summed E-state index contributed by atoms with van der Waals surface area (Å²) in [4.78, 5) is 24.1. The van der Waals surface area contributed by atoms with Gasteiger partial charge in [-0.25, -0.2) is 9.59 Å². The lowest BCUT2D eigenvalue weighted by Crippen LogP contribution is -2.19. The van der Waals surface area contributed by atoms with Crippen molar-refractivity contribution in [2.24, 2.45) is 0 Å². The second-order valence-electron chi connectivity index (χ2n) is 6.29. The lowest BCUT2D eigenvalue weighted by molar-refractivity contribution is -0.136. The molecule has 1 aliphatic heterocycles. The van der Waals surface area contributed by atoms with Gasteiger partial charge in [-0.1, -0.05) is 24.3 Å². The number of hydrogen-bond acceptors (Lipinski definition) is 6. The summed E-state index contributed by atoms with van der Waals surface area (Å²) in [6, 6.07) is 13.7. The maximum atomic E-state index is 12.1. The van der Waals surface area contributed by atoms with Crippen molar-refractivity contribution in [2.75, 3.05) is 19.8 Å². The van der Waals surface area contributed by atoms with Crippen LogP contribution in [-0.4, -0.2) is 37.9 Å². The SMILES string of the molecule is Cc1ccccc1OCC(=O)Oc1cccc(C(=O)OCC2CCCO2)c1. The summed E-state index contributed by atoms with van der Waals surface area (Å²) in [5.74, 6) is -0.136. The first kappa shape index (κ1) is 18.9. The Kier molecular flexibility index (Phi) is 6.44. The molecule has 1 unspecified atom stereocenters. The zero-order chi connectivity index (χ0) is 19.1. The third kappa shape index (κ3) is 5.56. The predicted octanol–water partition coefficient (Wildman–Crippen LogP) is 3.32. The van der Waals surface area contributed by atoms with Gasteiger partial charge in [0.25, 0.3) is 0 Å². The van der Waals surface area contributed by atoms with Crippen LogP contribution in [0.2, 0.25) is 0 Å². The molecule has 1 fully saturated rings. The number of carbonyl (C=O) groups excluding carboxylic acids is 2. The van der Waals surface area contributed by atoms with Gasteiger partial charge < -0.3 is 18.9 Å². The molecule has 6 heteroatoms. The van der Waals surface area contributed by atoms with Crippen molar-refractivity contribution in [3.8, 4) is 11.5 Å². The average molecular weight is 370 g/mol. The van der Waals surface area contributed by atoms with Crippen molar-refractivity contribution in [2.45, 2.75) is 25.9 Å². The van der Waals surface area contributed by atoms with Crippen LogP contribution >= 0.6 is 0 Å². The van der Waals surface area contributed by atoms with E-state index in [0.717, 1.165) is 18.4 Å². The molecular weight excluding hydrogens is 348 g/mol. The fourth-order valence-electron chi connectivity index (χ4n) is 2.73. The molecule has 0 bridgehead atoms. The summed E-state index contributed by atoms with van der Waals surface area (Å²) in [7, 11) is 0. The van der Waals surface area contributed by atoms with Crippen molar-refractivity contribution < 1.29 is 28.5 Å². The maximum absolute atomic E-state index is 12.1. The molecule has 0 saturated carbocycles. The van der Waals surface area contributed by atoms with Crippen molar-refractivity contribution in [3.05, 3.63) is 59.7 Å². The number of benzene rings is 2. The van der Waals surface area contributed by atoms with Crippen LogP contribution in [0.1, 0.15) is 28.8 Å². The van der Waals surface area contributed by atoms with Crippen molar-refractivity contribution in [1.29, 1.82) is 0 Å². The molecule has 2 aromatic rings. The lowest BCUT2D eigenvalue weighted by atomic mass is 10.2. The highest BCUT2D eigenvalue weighted by molar-refractivity contribution is 5.90. The third-order valence-corrected chi connectivity index (χ3v) is 4.16. The van der Waals surface area contributed by atoms with Gasteiger partial charge in [-0.15, -0.1) is 0 Å². The van der Waals surface area contributed by atoms with Gasteiger partial charge in [0.15, 0.2) is 6.61 Å². The van der Waals surface area contributed by atoms with E-state index in [1.165, 1.54) is 6.07 Å². The van der Waals surface area contributed by atoms with Gasteiger partial charge in [-0.3, -0.25) is 0 Å². The molecule has 6 nitrogen and oxygen atoms in total. The Labute approximate surface area is 158 Å². The van der Waals surface area contributed by atoms with E-state index in [-0.39, 0.29) is 25.1 Å². The summed E-state index contributed by atoms with van der Waals surface area (Å²) in [5.41, 5.74) is 1.25. The Morgan fingerprint density at radius 1 is 1.15 bits per heavy atom. The van der Waals surface area contributed by atoms with Crippen LogP contribution < -0.4 is 9.47 Å². The molecule has 0 amide bonds. The van der Waals surface area contributed by atoms with E-state index >= 15 is 0 Å². The van der Waals surface area contributed by atoms with Crippen molar-refractivity contribution in [1.82, 2.24) is 0 Å². The van der Waals surface area contributed by atoms with E-state index in [2.05, 4.69) is 0 Å². The van der Waals surface area contributed by atoms with E-state index in [4.69, 9.17) is 18.9 Å². The number of hydrogen-bond donors (Lipinski definition) is 0. The molecule has 1 aliphatic rings. The second kappa shape index (κ2) is 9.19. The molecule has 0 N–H and O–H groups in total. The lowest BCUT2D eigenvalue weighted by Gasteiger charge is -2.11. The average Bonchev–Trinajstić information content (AvgIpc) is 3.19. The Balaban J connectivity index is 1.51. The maximum Gasteiger partial charge on any atom is 0.349 e. The van der Waals surface area contributed by atoms with Gasteiger partial charge in [0, 0.05) is 6.61 Å². The van der Waals surface area contributed by atoms with Crippen LogP contribution in [0.5, 0.6) is 11.5 Å². The van der Waals surface area contributed by atoms with Crippen molar-refractivity contribution >= 4 is 11.9 Å². The molecule has 2 aromatic carbocycles. The molecule has 27 heavy (non-hydrogen) atoms. The number of aryl methyl sites for hydroxylation is 1. The molecular formula is C21H22O6. The minimum Gasteiger partial charge on any atom is -0.482 e. The number of carbonyl (C=O) groups is 2. The molecule has 142 valence electrons. The summed E-state index contributed by atoms with van der Waals surface area (Å²) in [5, 5.41) is 0. The molecule has 1 saturated heterocycles. The first-order valence-electron chi connectivity index (χ1n) is 8.90. The first-order chi connectivity index (χ1) is 13.1. The van der Waals surface area contributed by atoms with Gasteiger partial charge in [0.05, 0.1) is 11.7 Å². The zero-order valence-corrected chi connectivity index (χ0v) is 15.2. The fraction of sp³-hybridized carbons (Fsp3) is 0.333. The minimum absolute atomic E-state index is 0.0337. The molecule has 0 aromatic heterocycles. The predicted molar refractivity (Wildman–Crippen MR) is 98.0 cm³/mol. The molecule has 0 radical (unpaired) electrons. The van der Waals surface area contributed by atoms with Crippen LogP contribution in [0.15, 0.2) is 48.5 Å². The van der Waals surface area contributed by atoms with Crippen LogP contribution in [0.4, 0.5) is 0 Å². The fourth-order valence-corrected chi connectivity index (χ4v) is 2.73. The number of para-hydroxylation sites is 1. The van der Waals surface area contributed by atoms with Gasteiger partial charge in [-0.05, 0) is 49.6 Å². The Bertz CT molecular complexity index is 795. The summed E-state index contributed by atoms with van der Waals surface area (Å²) < 4.78 is 21.4. The third-order valence-electron chi connectivity index (χ3n) is 4.16. The number of rotatable bonds is 7. The quantitative estimate of drug-likeness (QED) is 0.550. The smallest absolute Gasteiger partial charge is 0.349 e. The second-order valence-corrected chi connectivity index (χ2v) is 6.29. The highest BCUT2D eigenvalue weighted by Crippen LogP contribution is 2.18. The minimum atomic E-state index is -0.553. The van der Waals surface area contributed by atoms with Gasteiger partial charge >= 0.3 is 11.9 Å². The molecule has 1 atom stereocenters. The first-order valence-corrected chi connectivity index (χ1v) is 8.90. The molecule has 0 aliphatic carbocycles. The van der Waals surface area contributed by atoms with E-state index < -0.39 is 11.9 Å². The van der Waals surface area contributed by atoms with E-state index in [0.29, 0.717) is 17.9 Å². The standard InChI is InChI=1S/C21H22O6/c1-15-6-2-3-10-19(15)25-14-20(22)27-17-8-4-7-16(12-17)21(23)26-13-18-9-5-11-24-18/h2-4,6-8,10,12,18H,5,9,11,13-14H2,1H3. The highest BCUT2D eigenvalue weighted by atomic mass is 16.6. The van der Waals surface area contributed by atoms with Gasteiger partial charge in [0.2, 0.25) is 0 Å². The van der Waals surface area contributed by atoms with Crippen LogP contribution in [0.25, 0.3) is 0 Å². The number of esters is 2. The Hall–Kier alpha value is -2.86. The summed E-state index contributed by atoms with van der Waals surface area (Å²) in [6.07, 6.45) is 1.85. The molecule has 0 spiro atoms. The molecule has 3 rings (SSSR count). The van der Waals surface area contributed by atoms with Crippen LogP contribution in [0.3, 0.4) is 0 Å². The highest BCUT2D eigenvalue weighted by Gasteiger charge is 2.18. The van der Waals surface area contributed by atoms with E-state index in [9.17, 15) is 9.59 Å². The zero-order valence-electron chi connectivity index (χ0n) is 15.2. The van der Waals surface area contributed by atoms with Gasteiger partial charge in [-0.2, -0.15) is 0 Å². The topological polar surface area (TPSA) is 71.1 Å². The Morgan fingerprint density at radius 3 is 2.78 bits per heavy atom. The molecule has 1 heterocycles. The summed E-state index contributed by atoms with van der Waals surface area (Å²) in [6.45, 7) is 2.61. The number of ether oxygens (including phenoxy) is 4. The van der Waals surface area contributed by atoms with E-state index in [1.807, 2.05) is 25.1 Å². The monoisotopic (exact) mass is 370 g/mol. The normalized spacial score (nSPS) is 16.0. The summed E-state index contributed by atoms with van der Waals surface area (Å²) >= 11 is 0. The Morgan fingerprint density at radius 2 is 2.00 bits per heavy atom. The largest absolute Gasteiger partial charge is 0.482 e. The van der Waals surface area contributed by atoms with Crippen molar-refractivity contribution in [3.63, 3.8) is 0 Å².